The van der Waals surface area contributed by atoms with Gasteiger partial charge in [-0.1, -0.05) is 30.3 Å². The summed E-state index contributed by atoms with van der Waals surface area (Å²) in [4.78, 5) is 0. The smallest absolute Gasteiger partial charge is 0.211 e. The zero-order valence-electron chi connectivity index (χ0n) is 12.8. The Morgan fingerprint density at radius 1 is 1.32 bits per heavy atom. The maximum absolute atomic E-state index is 6.34. The third kappa shape index (κ3) is 3.20. The fraction of sp³-hybridized carbons (Fsp3) is 0.357. The fourth-order valence-electron chi connectivity index (χ4n) is 1.88. The van der Waals surface area contributed by atoms with E-state index < -0.39 is 0 Å². The Balaban J connectivity index is 2.41. The lowest BCUT2D eigenvalue weighted by molar-refractivity contribution is 0.355. The number of thioether (sulfide) groups is 1. The molecular formula is C14H17ClN4O2S. The Morgan fingerprint density at radius 2 is 2.09 bits per heavy atom. The molecule has 0 atom stereocenters. The van der Waals surface area contributed by atoms with Crippen LogP contribution in [0.2, 0.25) is 5.02 Å². The summed E-state index contributed by atoms with van der Waals surface area (Å²) >= 11 is 7.82. The Labute approximate surface area is 138 Å². The van der Waals surface area contributed by atoms with E-state index in [0.29, 0.717) is 16.5 Å². The fourth-order valence-corrected chi connectivity index (χ4v) is 2.61. The molecule has 118 valence electrons. The van der Waals surface area contributed by atoms with E-state index in [1.54, 1.807) is 31.2 Å². The molecule has 0 saturated heterocycles. The molecule has 0 saturated carbocycles. The molecule has 0 aliphatic rings. The number of methoxy groups -OCH3 is 2. The highest BCUT2D eigenvalue weighted by Crippen LogP contribution is 2.36. The Morgan fingerprint density at radius 3 is 2.68 bits per heavy atom. The van der Waals surface area contributed by atoms with E-state index in [2.05, 4.69) is 15.3 Å². The molecule has 2 aromatic rings. The second-order valence-electron chi connectivity index (χ2n) is 4.22. The van der Waals surface area contributed by atoms with Gasteiger partial charge in [0, 0.05) is 12.0 Å². The van der Waals surface area contributed by atoms with Gasteiger partial charge in [0.2, 0.25) is 5.16 Å². The van der Waals surface area contributed by atoms with Gasteiger partial charge in [-0.25, -0.2) is 0 Å². The third-order valence-corrected chi connectivity index (χ3v) is 4.01. The quantitative estimate of drug-likeness (QED) is 0.597. The first-order chi connectivity index (χ1) is 10.7. The lowest BCUT2D eigenvalue weighted by Gasteiger charge is -2.10. The molecule has 0 bridgehead atoms. The van der Waals surface area contributed by atoms with Gasteiger partial charge in [0.05, 0.1) is 25.5 Å². The number of benzene rings is 1. The minimum absolute atomic E-state index is 0.447. The largest absolute Gasteiger partial charge is 0.493 e. The zero-order chi connectivity index (χ0) is 16.1. The van der Waals surface area contributed by atoms with Gasteiger partial charge in [-0.05, 0) is 18.4 Å². The van der Waals surface area contributed by atoms with Crippen LogP contribution in [-0.4, -0.2) is 41.6 Å². The molecule has 1 heterocycles. The van der Waals surface area contributed by atoms with Crippen molar-refractivity contribution in [2.45, 2.75) is 18.5 Å². The summed E-state index contributed by atoms with van der Waals surface area (Å²) in [6.45, 7) is 2.00. The number of hydrogen-bond acceptors (Lipinski definition) is 6. The van der Waals surface area contributed by atoms with E-state index >= 15 is 0 Å². The average Bonchev–Trinajstić information content (AvgIpc) is 2.95. The Bertz CT molecular complexity index is 666. The van der Waals surface area contributed by atoms with E-state index in [4.69, 9.17) is 21.1 Å². The first kappa shape index (κ1) is 16.6. The number of halogens is 1. The van der Waals surface area contributed by atoms with Crippen molar-refractivity contribution >= 4 is 29.6 Å². The van der Waals surface area contributed by atoms with Gasteiger partial charge in [-0.2, -0.15) is 9.78 Å². The van der Waals surface area contributed by atoms with Crippen LogP contribution in [0, 0.1) is 0 Å². The molecule has 0 spiro atoms. The topological polar surface area (TPSA) is 61.5 Å². The Hall–Kier alpha value is -1.73. The maximum atomic E-state index is 6.34. The van der Waals surface area contributed by atoms with Crippen molar-refractivity contribution in [1.29, 1.82) is 0 Å². The molecular weight excluding hydrogens is 324 g/mol. The van der Waals surface area contributed by atoms with Gasteiger partial charge < -0.3 is 9.47 Å². The predicted molar refractivity (Wildman–Crippen MR) is 88.7 cm³/mol. The Kier molecular flexibility index (Phi) is 5.68. The third-order valence-electron chi connectivity index (χ3n) is 3.00. The van der Waals surface area contributed by atoms with Crippen LogP contribution in [0.3, 0.4) is 0 Å². The van der Waals surface area contributed by atoms with Crippen LogP contribution in [0.25, 0.3) is 0 Å². The summed E-state index contributed by atoms with van der Waals surface area (Å²) in [7, 11) is 3.11. The maximum Gasteiger partial charge on any atom is 0.211 e. The SMILES string of the molecule is CCc1nnc(SC)n1/N=C\c1ccc(OC)c(OC)c1Cl. The molecule has 0 aliphatic carbocycles. The van der Waals surface area contributed by atoms with E-state index in [9.17, 15) is 0 Å². The summed E-state index contributed by atoms with van der Waals surface area (Å²) in [6.07, 6.45) is 4.33. The first-order valence-electron chi connectivity index (χ1n) is 6.59. The minimum Gasteiger partial charge on any atom is -0.493 e. The molecule has 0 radical (unpaired) electrons. The van der Waals surface area contributed by atoms with Crippen LogP contribution < -0.4 is 9.47 Å². The van der Waals surface area contributed by atoms with Crippen LogP contribution in [0.5, 0.6) is 11.5 Å². The van der Waals surface area contributed by atoms with E-state index in [-0.39, 0.29) is 0 Å². The van der Waals surface area contributed by atoms with Gasteiger partial charge in [-0.15, -0.1) is 10.2 Å². The van der Waals surface area contributed by atoms with Crippen molar-refractivity contribution in [3.05, 3.63) is 28.5 Å². The second kappa shape index (κ2) is 7.51. The van der Waals surface area contributed by atoms with Gasteiger partial charge >= 0.3 is 0 Å². The monoisotopic (exact) mass is 340 g/mol. The summed E-state index contributed by atoms with van der Waals surface area (Å²) < 4.78 is 12.2. The van der Waals surface area contributed by atoms with Crippen LogP contribution in [-0.2, 0) is 6.42 Å². The molecule has 1 aromatic heterocycles. The van der Waals surface area contributed by atoms with Crippen molar-refractivity contribution in [3.63, 3.8) is 0 Å². The molecule has 0 fully saturated rings. The minimum atomic E-state index is 0.447. The predicted octanol–water partition coefficient (Wildman–Crippen LogP) is 3.12. The highest BCUT2D eigenvalue weighted by molar-refractivity contribution is 7.98. The second-order valence-corrected chi connectivity index (χ2v) is 5.37. The van der Waals surface area contributed by atoms with Crippen molar-refractivity contribution < 1.29 is 9.47 Å². The van der Waals surface area contributed by atoms with Crippen LogP contribution in [0.1, 0.15) is 18.3 Å². The number of aromatic nitrogens is 3. The highest BCUT2D eigenvalue weighted by atomic mass is 35.5. The molecule has 1 aromatic carbocycles. The van der Waals surface area contributed by atoms with Crippen LogP contribution >= 0.6 is 23.4 Å². The van der Waals surface area contributed by atoms with Crippen molar-refractivity contribution in [1.82, 2.24) is 14.9 Å². The molecule has 0 unspecified atom stereocenters. The van der Waals surface area contributed by atoms with Gasteiger partial charge in [-0.3, -0.25) is 0 Å². The van der Waals surface area contributed by atoms with E-state index in [1.165, 1.54) is 11.8 Å². The lowest BCUT2D eigenvalue weighted by Crippen LogP contribution is -2.00. The summed E-state index contributed by atoms with van der Waals surface area (Å²) in [5.41, 5.74) is 0.724. The molecule has 6 nitrogen and oxygen atoms in total. The van der Waals surface area contributed by atoms with Crippen molar-refractivity contribution in [2.75, 3.05) is 20.5 Å². The number of ether oxygens (including phenoxy) is 2. The lowest BCUT2D eigenvalue weighted by atomic mass is 10.2. The van der Waals surface area contributed by atoms with Crippen molar-refractivity contribution in [2.24, 2.45) is 5.10 Å². The summed E-state index contributed by atoms with van der Waals surface area (Å²) in [5.74, 6) is 1.85. The van der Waals surface area contributed by atoms with E-state index in [1.807, 2.05) is 19.2 Å². The number of hydrogen-bond donors (Lipinski definition) is 0. The molecule has 0 aliphatic heterocycles. The van der Waals surface area contributed by atoms with Gasteiger partial charge in [0.1, 0.15) is 0 Å². The standard InChI is InChI=1S/C14H17ClN4O2S/c1-5-11-17-18-14(22-4)19(11)16-8-9-6-7-10(20-2)13(21-3)12(9)15/h6-8H,5H2,1-4H3/b16-8-. The summed E-state index contributed by atoms with van der Waals surface area (Å²) in [6, 6.07) is 3.61. The van der Waals surface area contributed by atoms with Crippen LogP contribution in [0.4, 0.5) is 0 Å². The molecule has 8 heteroatoms. The number of aryl methyl sites for hydroxylation is 1. The molecule has 2 rings (SSSR count). The van der Waals surface area contributed by atoms with Crippen molar-refractivity contribution in [3.8, 4) is 11.5 Å². The number of nitrogens with zero attached hydrogens (tertiary/aromatic N) is 4. The first-order valence-corrected chi connectivity index (χ1v) is 8.19. The summed E-state index contributed by atoms with van der Waals surface area (Å²) in [5, 5.41) is 13.8. The van der Waals surface area contributed by atoms with Crippen LogP contribution in [0.15, 0.2) is 22.4 Å². The number of rotatable bonds is 6. The van der Waals surface area contributed by atoms with E-state index in [0.717, 1.165) is 23.0 Å². The average molecular weight is 341 g/mol. The molecule has 0 N–H and O–H groups in total. The molecule has 0 amide bonds. The zero-order valence-corrected chi connectivity index (χ0v) is 14.4. The van der Waals surface area contributed by atoms with Gasteiger partial charge in [0.25, 0.3) is 0 Å². The molecule has 22 heavy (non-hydrogen) atoms. The normalized spacial score (nSPS) is 11.1. The van der Waals surface area contributed by atoms with Gasteiger partial charge in [0.15, 0.2) is 17.3 Å². The highest BCUT2D eigenvalue weighted by Gasteiger charge is 2.13.